The molecule has 2 rings (SSSR count). The van der Waals surface area contributed by atoms with E-state index in [1.54, 1.807) is 4.90 Å². The van der Waals surface area contributed by atoms with Crippen LogP contribution in [-0.2, 0) is 4.74 Å². The minimum Gasteiger partial charge on any atom is -0.493 e. The lowest BCUT2D eigenvalue weighted by Crippen LogP contribution is -3.14. The average molecular weight is 264 g/mol. The van der Waals surface area contributed by atoms with Crippen molar-refractivity contribution in [3.63, 3.8) is 0 Å². The van der Waals surface area contributed by atoms with E-state index in [0.29, 0.717) is 5.92 Å². The van der Waals surface area contributed by atoms with Crippen LogP contribution in [0.2, 0.25) is 0 Å². The smallest absolute Gasteiger partial charge is 0.119 e. The summed E-state index contributed by atoms with van der Waals surface area (Å²) in [5.74, 6) is 1.57. The maximum atomic E-state index is 5.79. The van der Waals surface area contributed by atoms with Gasteiger partial charge in [0.15, 0.2) is 0 Å². The van der Waals surface area contributed by atoms with E-state index in [9.17, 15) is 0 Å². The van der Waals surface area contributed by atoms with Gasteiger partial charge in [0.05, 0.1) is 26.4 Å². The summed E-state index contributed by atoms with van der Waals surface area (Å²) in [5, 5.41) is 0. The van der Waals surface area contributed by atoms with E-state index in [1.165, 1.54) is 12.1 Å². The van der Waals surface area contributed by atoms with Crippen LogP contribution in [0.3, 0.4) is 0 Å². The zero-order valence-corrected chi connectivity index (χ0v) is 12.2. The Kier molecular flexibility index (Phi) is 5.67. The summed E-state index contributed by atoms with van der Waals surface area (Å²) in [6.45, 7) is 10.5. The van der Waals surface area contributed by atoms with Crippen LogP contribution in [0.4, 0.5) is 0 Å². The van der Waals surface area contributed by atoms with Crippen molar-refractivity contribution in [3.8, 4) is 5.75 Å². The molecule has 0 aliphatic carbocycles. The van der Waals surface area contributed by atoms with E-state index >= 15 is 0 Å². The predicted octanol–water partition coefficient (Wildman–Crippen LogP) is 1.49. The van der Waals surface area contributed by atoms with E-state index in [2.05, 4.69) is 38.1 Å². The maximum absolute atomic E-state index is 5.79. The molecular weight excluding hydrogens is 238 g/mol. The Morgan fingerprint density at radius 2 is 1.84 bits per heavy atom. The van der Waals surface area contributed by atoms with Gasteiger partial charge in [0, 0.05) is 6.42 Å². The number of nitrogens with one attached hydrogen (secondary N) is 1. The number of morpholine rings is 1. The molecule has 0 radical (unpaired) electrons. The van der Waals surface area contributed by atoms with Crippen LogP contribution < -0.4 is 9.64 Å². The van der Waals surface area contributed by atoms with Gasteiger partial charge in [0.2, 0.25) is 0 Å². The molecule has 0 saturated carbocycles. The molecular formula is C16H26NO2+. The number of ether oxygens (including phenoxy) is 2. The number of hydrogen-bond acceptors (Lipinski definition) is 2. The first-order valence-electron chi connectivity index (χ1n) is 7.40. The number of quaternary nitrogens is 1. The third-order valence-electron chi connectivity index (χ3n) is 3.69. The largest absolute Gasteiger partial charge is 0.493 e. The Labute approximate surface area is 116 Å². The molecule has 0 bridgehead atoms. The van der Waals surface area contributed by atoms with E-state index in [4.69, 9.17) is 9.47 Å². The molecule has 106 valence electrons. The topological polar surface area (TPSA) is 22.9 Å². The quantitative estimate of drug-likeness (QED) is 0.787. The normalized spacial score (nSPS) is 16.8. The molecule has 0 amide bonds. The maximum Gasteiger partial charge on any atom is 0.119 e. The molecule has 3 nitrogen and oxygen atoms in total. The van der Waals surface area contributed by atoms with Gasteiger partial charge in [-0.3, -0.25) is 0 Å². The van der Waals surface area contributed by atoms with Gasteiger partial charge in [0.1, 0.15) is 18.8 Å². The van der Waals surface area contributed by atoms with Crippen molar-refractivity contribution in [1.82, 2.24) is 0 Å². The first-order chi connectivity index (χ1) is 9.25. The van der Waals surface area contributed by atoms with Crippen LogP contribution >= 0.6 is 0 Å². The highest BCUT2D eigenvalue weighted by atomic mass is 16.5. The molecule has 3 heteroatoms. The lowest BCUT2D eigenvalue weighted by molar-refractivity contribution is -0.908. The van der Waals surface area contributed by atoms with Gasteiger partial charge in [-0.2, -0.15) is 0 Å². The molecule has 1 heterocycles. The standard InChI is InChI=1S/C16H25NO2/c1-14(2)15-4-6-16(7-5-15)19-11-3-8-17-9-12-18-13-10-17/h4-7,14H,3,8-13H2,1-2H3/p+1. The van der Waals surface area contributed by atoms with Gasteiger partial charge >= 0.3 is 0 Å². The van der Waals surface area contributed by atoms with E-state index in [0.717, 1.165) is 45.1 Å². The van der Waals surface area contributed by atoms with Crippen molar-refractivity contribution in [2.45, 2.75) is 26.2 Å². The molecule has 0 spiro atoms. The first-order valence-corrected chi connectivity index (χ1v) is 7.40. The van der Waals surface area contributed by atoms with Crippen LogP contribution in [0.1, 0.15) is 31.7 Å². The molecule has 19 heavy (non-hydrogen) atoms. The van der Waals surface area contributed by atoms with E-state index in [1.807, 2.05) is 0 Å². The fourth-order valence-electron chi connectivity index (χ4n) is 2.37. The second-order valence-corrected chi connectivity index (χ2v) is 5.54. The second kappa shape index (κ2) is 7.51. The minimum atomic E-state index is 0.582. The predicted molar refractivity (Wildman–Crippen MR) is 77.0 cm³/mol. The third kappa shape index (κ3) is 4.84. The van der Waals surface area contributed by atoms with Gasteiger partial charge in [-0.15, -0.1) is 0 Å². The Morgan fingerprint density at radius 3 is 2.47 bits per heavy atom. The Hall–Kier alpha value is -1.06. The Bertz CT molecular complexity index is 356. The van der Waals surface area contributed by atoms with Crippen LogP contribution in [0.5, 0.6) is 5.75 Å². The van der Waals surface area contributed by atoms with Gasteiger partial charge in [-0.25, -0.2) is 0 Å². The van der Waals surface area contributed by atoms with Crippen molar-refractivity contribution in [2.75, 3.05) is 39.5 Å². The van der Waals surface area contributed by atoms with Gasteiger partial charge in [-0.05, 0) is 23.6 Å². The van der Waals surface area contributed by atoms with Gasteiger partial charge in [-0.1, -0.05) is 26.0 Å². The molecule has 1 aliphatic heterocycles. The second-order valence-electron chi connectivity index (χ2n) is 5.54. The molecule has 0 atom stereocenters. The fraction of sp³-hybridized carbons (Fsp3) is 0.625. The average Bonchev–Trinajstić information content (AvgIpc) is 2.45. The highest BCUT2D eigenvalue weighted by Gasteiger charge is 2.12. The summed E-state index contributed by atoms with van der Waals surface area (Å²) < 4.78 is 11.1. The summed E-state index contributed by atoms with van der Waals surface area (Å²) >= 11 is 0. The zero-order chi connectivity index (χ0) is 13.5. The van der Waals surface area contributed by atoms with Crippen molar-refractivity contribution in [1.29, 1.82) is 0 Å². The summed E-state index contributed by atoms with van der Waals surface area (Å²) in [4.78, 5) is 1.64. The fourth-order valence-corrected chi connectivity index (χ4v) is 2.37. The zero-order valence-electron chi connectivity index (χ0n) is 12.2. The Morgan fingerprint density at radius 1 is 1.16 bits per heavy atom. The summed E-state index contributed by atoms with van der Waals surface area (Å²) in [7, 11) is 0. The lowest BCUT2D eigenvalue weighted by Gasteiger charge is -2.23. The molecule has 0 unspecified atom stereocenters. The molecule has 1 aliphatic rings. The van der Waals surface area contributed by atoms with Crippen molar-refractivity contribution >= 4 is 0 Å². The third-order valence-corrected chi connectivity index (χ3v) is 3.69. The van der Waals surface area contributed by atoms with Gasteiger partial charge < -0.3 is 14.4 Å². The van der Waals surface area contributed by atoms with Crippen molar-refractivity contribution in [3.05, 3.63) is 29.8 Å². The van der Waals surface area contributed by atoms with Crippen LogP contribution in [0, 0.1) is 0 Å². The molecule has 1 aromatic carbocycles. The summed E-state index contributed by atoms with van der Waals surface area (Å²) in [5.41, 5.74) is 1.37. The molecule has 0 aromatic heterocycles. The number of rotatable bonds is 6. The van der Waals surface area contributed by atoms with Crippen molar-refractivity contribution < 1.29 is 14.4 Å². The van der Waals surface area contributed by atoms with Crippen molar-refractivity contribution in [2.24, 2.45) is 0 Å². The van der Waals surface area contributed by atoms with Gasteiger partial charge in [0.25, 0.3) is 0 Å². The molecule has 1 N–H and O–H groups in total. The highest BCUT2D eigenvalue weighted by molar-refractivity contribution is 5.28. The van der Waals surface area contributed by atoms with E-state index in [-0.39, 0.29) is 0 Å². The van der Waals surface area contributed by atoms with Crippen LogP contribution in [-0.4, -0.2) is 39.5 Å². The van der Waals surface area contributed by atoms with E-state index < -0.39 is 0 Å². The molecule has 1 aromatic rings. The number of benzene rings is 1. The molecule has 1 fully saturated rings. The monoisotopic (exact) mass is 264 g/mol. The summed E-state index contributed by atoms with van der Waals surface area (Å²) in [6.07, 6.45) is 1.11. The lowest BCUT2D eigenvalue weighted by atomic mass is 10.0. The Balaban J connectivity index is 1.64. The first kappa shape index (κ1) is 14.4. The number of hydrogen-bond donors (Lipinski definition) is 1. The minimum absolute atomic E-state index is 0.582. The highest BCUT2D eigenvalue weighted by Crippen LogP contribution is 2.18. The molecule has 1 saturated heterocycles. The van der Waals surface area contributed by atoms with Crippen LogP contribution in [0.25, 0.3) is 0 Å². The SMILES string of the molecule is CC(C)c1ccc(OCCC[NH+]2CCOCC2)cc1. The van der Waals surface area contributed by atoms with Crippen LogP contribution in [0.15, 0.2) is 24.3 Å². The summed E-state index contributed by atoms with van der Waals surface area (Å²) in [6, 6.07) is 8.48.